The van der Waals surface area contributed by atoms with Crippen LogP contribution in [0.5, 0.6) is 0 Å². The molecule has 0 aromatic heterocycles. The normalized spacial score (nSPS) is 22.9. The van der Waals surface area contributed by atoms with E-state index in [1.54, 1.807) is 0 Å². The lowest BCUT2D eigenvalue weighted by Gasteiger charge is -2.19. The number of nitrogens with zero attached hydrogens (tertiary/aromatic N) is 1. The summed E-state index contributed by atoms with van der Waals surface area (Å²) in [5, 5.41) is 14.2. The smallest absolute Gasteiger partial charge is 0.292 e. The van der Waals surface area contributed by atoms with Crippen molar-refractivity contribution in [1.82, 2.24) is 0 Å². The van der Waals surface area contributed by atoms with Crippen LogP contribution in [-0.2, 0) is 0 Å². The third-order valence-electron chi connectivity index (χ3n) is 4.47. The maximum absolute atomic E-state index is 13.4. The molecule has 0 spiro atoms. The molecule has 0 amide bonds. The van der Waals surface area contributed by atoms with Crippen molar-refractivity contribution in [3.63, 3.8) is 0 Å². The number of nitro benzene ring substituents is 1. The van der Waals surface area contributed by atoms with Crippen LogP contribution in [0.4, 0.5) is 15.8 Å². The molecule has 0 heterocycles. The van der Waals surface area contributed by atoms with E-state index in [0.29, 0.717) is 11.6 Å². The summed E-state index contributed by atoms with van der Waals surface area (Å²) in [7, 11) is 0. The number of benzene rings is 1. The molecule has 0 radical (unpaired) electrons. The Kier molecular flexibility index (Phi) is 5.15. The lowest BCUT2D eigenvalue weighted by atomic mass is 9.89. The highest BCUT2D eigenvalue weighted by atomic mass is 19.1. The van der Waals surface area contributed by atoms with Crippen molar-refractivity contribution >= 4 is 11.4 Å². The maximum atomic E-state index is 13.4. The van der Waals surface area contributed by atoms with Gasteiger partial charge in [-0.2, -0.15) is 0 Å². The van der Waals surface area contributed by atoms with Crippen molar-refractivity contribution in [1.29, 1.82) is 0 Å². The molecule has 1 aliphatic rings. The fraction of sp³-hybridized carbons (Fsp3) is 0.625. The molecule has 5 heteroatoms. The number of halogens is 1. The molecule has 1 aromatic rings. The summed E-state index contributed by atoms with van der Waals surface area (Å²) in [5.74, 6) is 0.948. The first-order chi connectivity index (χ1) is 9.97. The summed E-state index contributed by atoms with van der Waals surface area (Å²) in [6, 6.07) is 3.77. The van der Waals surface area contributed by atoms with Gasteiger partial charge in [-0.15, -0.1) is 0 Å². The number of hydrogen-bond acceptors (Lipinski definition) is 3. The van der Waals surface area contributed by atoms with E-state index < -0.39 is 10.7 Å². The highest BCUT2D eigenvalue weighted by Gasteiger charge is 2.23. The van der Waals surface area contributed by atoms with E-state index >= 15 is 0 Å². The second-order valence-corrected chi connectivity index (χ2v) is 6.27. The molecule has 1 aromatic carbocycles. The van der Waals surface area contributed by atoms with Crippen LogP contribution in [0.1, 0.15) is 46.0 Å². The molecule has 1 fully saturated rings. The lowest BCUT2D eigenvalue weighted by Crippen LogP contribution is -2.19. The van der Waals surface area contributed by atoms with Gasteiger partial charge in [0.05, 0.1) is 4.92 Å². The van der Waals surface area contributed by atoms with Crippen LogP contribution in [0.15, 0.2) is 18.2 Å². The summed E-state index contributed by atoms with van der Waals surface area (Å²) in [6.07, 6.45) is 5.41. The van der Waals surface area contributed by atoms with Crippen molar-refractivity contribution in [2.75, 3.05) is 5.32 Å². The van der Waals surface area contributed by atoms with Gasteiger partial charge in [-0.05, 0) is 37.2 Å². The van der Waals surface area contributed by atoms with Crippen molar-refractivity contribution < 1.29 is 9.31 Å². The van der Waals surface area contributed by atoms with E-state index in [-0.39, 0.29) is 11.7 Å². The Morgan fingerprint density at radius 3 is 2.71 bits per heavy atom. The molecular formula is C16H23FN2O2. The number of rotatable bonds is 4. The van der Waals surface area contributed by atoms with E-state index in [4.69, 9.17) is 0 Å². The van der Waals surface area contributed by atoms with E-state index in [9.17, 15) is 14.5 Å². The quantitative estimate of drug-likeness (QED) is 0.495. The Hall–Kier alpha value is -1.65. The topological polar surface area (TPSA) is 55.2 Å². The molecule has 1 aliphatic carbocycles. The van der Waals surface area contributed by atoms with Crippen LogP contribution >= 0.6 is 0 Å². The van der Waals surface area contributed by atoms with Gasteiger partial charge in [0.1, 0.15) is 11.5 Å². The molecule has 1 saturated carbocycles. The van der Waals surface area contributed by atoms with Crippen LogP contribution in [0.3, 0.4) is 0 Å². The Balaban J connectivity index is 2.08. The Morgan fingerprint density at radius 2 is 2.05 bits per heavy atom. The molecule has 0 bridgehead atoms. The molecule has 21 heavy (non-hydrogen) atoms. The molecule has 116 valence electrons. The van der Waals surface area contributed by atoms with Crippen LogP contribution < -0.4 is 5.32 Å². The summed E-state index contributed by atoms with van der Waals surface area (Å²) in [5.41, 5.74) is 0.244. The Morgan fingerprint density at radius 1 is 1.29 bits per heavy atom. The molecular weight excluding hydrogens is 271 g/mol. The molecule has 2 unspecified atom stereocenters. The minimum absolute atomic E-state index is 0.0546. The van der Waals surface area contributed by atoms with Crippen LogP contribution in [0.25, 0.3) is 0 Å². The van der Waals surface area contributed by atoms with Gasteiger partial charge in [-0.25, -0.2) is 4.39 Å². The predicted molar refractivity (Wildman–Crippen MR) is 81.9 cm³/mol. The van der Waals surface area contributed by atoms with Crippen LogP contribution in [-0.4, -0.2) is 11.0 Å². The summed E-state index contributed by atoms with van der Waals surface area (Å²) in [4.78, 5) is 10.6. The lowest BCUT2D eigenvalue weighted by molar-refractivity contribution is -0.384. The average molecular weight is 294 g/mol. The van der Waals surface area contributed by atoms with Gasteiger partial charge in [0, 0.05) is 18.2 Å². The first-order valence-electron chi connectivity index (χ1n) is 7.68. The van der Waals surface area contributed by atoms with Crippen LogP contribution in [0.2, 0.25) is 0 Å². The maximum Gasteiger partial charge on any atom is 0.292 e. The summed E-state index contributed by atoms with van der Waals surface area (Å²) in [6.45, 7) is 4.49. The third kappa shape index (κ3) is 4.16. The largest absolute Gasteiger partial charge is 0.377 e. The van der Waals surface area contributed by atoms with Gasteiger partial charge in [0.2, 0.25) is 0 Å². The SMILES string of the molecule is CC(C)C1CCCC(Nc2cc(F)ccc2[N+](=O)[O-])CC1. The second-order valence-electron chi connectivity index (χ2n) is 6.27. The zero-order valence-corrected chi connectivity index (χ0v) is 12.6. The van der Waals surface area contributed by atoms with Crippen molar-refractivity contribution in [3.05, 3.63) is 34.1 Å². The van der Waals surface area contributed by atoms with E-state index in [1.165, 1.54) is 18.6 Å². The van der Waals surface area contributed by atoms with E-state index in [2.05, 4.69) is 19.2 Å². The molecule has 0 saturated heterocycles. The number of nitro groups is 1. The minimum atomic E-state index is -0.463. The fourth-order valence-electron chi connectivity index (χ4n) is 3.14. The van der Waals surface area contributed by atoms with Gasteiger partial charge in [-0.3, -0.25) is 10.1 Å². The van der Waals surface area contributed by atoms with Crippen molar-refractivity contribution in [3.8, 4) is 0 Å². The van der Waals surface area contributed by atoms with Gasteiger partial charge in [0.25, 0.3) is 5.69 Å². The standard InChI is InChI=1S/C16H23FN2O2/c1-11(2)12-4-3-5-14(8-6-12)18-15-10-13(17)7-9-16(15)19(20)21/h7,9-12,14,18H,3-6,8H2,1-2H3. The predicted octanol–water partition coefficient (Wildman–Crippen LogP) is 4.75. The van der Waals surface area contributed by atoms with Crippen molar-refractivity contribution in [2.45, 2.75) is 52.0 Å². The van der Waals surface area contributed by atoms with Crippen molar-refractivity contribution in [2.24, 2.45) is 11.8 Å². The Bertz CT molecular complexity index is 505. The van der Waals surface area contributed by atoms with E-state index in [0.717, 1.165) is 37.7 Å². The highest BCUT2D eigenvalue weighted by molar-refractivity contribution is 5.61. The Labute approximate surface area is 124 Å². The zero-order chi connectivity index (χ0) is 15.4. The molecule has 1 N–H and O–H groups in total. The van der Waals surface area contributed by atoms with Gasteiger partial charge in [0.15, 0.2) is 0 Å². The monoisotopic (exact) mass is 294 g/mol. The fourth-order valence-corrected chi connectivity index (χ4v) is 3.14. The number of anilines is 1. The third-order valence-corrected chi connectivity index (χ3v) is 4.47. The number of nitrogens with one attached hydrogen (secondary N) is 1. The minimum Gasteiger partial charge on any atom is -0.377 e. The average Bonchev–Trinajstić information content (AvgIpc) is 2.64. The van der Waals surface area contributed by atoms with Gasteiger partial charge in [-0.1, -0.05) is 26.7 Å². The zero-order valence-electron chi connectivity index (χ0n) is 12.6. The molecule has 2 rings (SSSR count). The van der Waals surface area contributed by atoms with Gasteiger partial charge < -0.3 is 5.32 Å². The molecule has 4 nitrogen and oxygen atoms in total. The summed E-state index contributed by atoms with van der Waals surface area (Å²) >= 11 is 0. The van der Waals surface area contributed by atoms with E-state index in [1.807, 2.05) is 0 Å². The molecule has 2 atom stereocenters. The number of hydrogen-bond donors (Lipinski definition) is 1. The van der Waals surface area contributed by atoms with Gasteiger partial charge >= 0.3 is 0 Å². The molecule has 0 aliphatic heterocycles. The first-order valence-corrected chi connectivity index (χ1v) is 7.68. The first kappa shape index (κ1) is 15.7. The van der Waals surface area contributed by atoms with Crippen LogP contribution in [0, 0.1) is 27.8 Å². The second kappa shape index (κ2) is 6.87. The highest BCUT2D eigenvalue weighted by Crippen LogP contribution is 2.32. The summed E-state index contributed by atoms with van der Waals surface area (Å²) < 4.78 is 13.4.